The number of amides is 1. The van der Waals surface area contributed by atoms with Crippen LogP contribution in [0.25, 0.3) is 0 Å². The number of hydrogen-bond donors (Lipinski definition) is 2. The molecule has 0 heterocycles. The maximum absolute atomic E-state index is 13.0. The molecule has 20 heavy (non-hydrogen) atoms. The molecule has 2 aromatic carbocycles. The summed E-state index contributed by atoms with van der Waals surface area (Å²) in [7, 11) is 0. The van der Waals surface area contributed by atoms with Crippen LogP contribution in [0.5, 0.6) is 0 Å². The summed E-state index contributed by atoms with van der Waals surface area (Å²) in [6.45, 7) is 1.74. The van der Waals surface area contributed by atoms with Gasteiger partial charge in [0.15, 0.2) is 0 Å². The van der Waals surface area contributed by atoms with Gasteiger partial charge in [0, 0.05) is 5.69 Å². The van der Waals surface area contributed by atoms with Gasteiger partial charge in [0.1, 0.15) is 5.82 Å². The zero-order chi connectivity index (χ0) is 14.5. The van der Waals surface area contributed by atoms with E-state index in [9.17, 15) is 9.18 Å². The van der Waals surface area contributed by atoms with E-state index >= 15 is 0 Å². The zero-order valence-corrected chi connectivity index (χ0v) is 11.3. The molecule has 1 amide bonds. The molecule has 0 aliphatic rings. The van der Waals surface area contributed by atoms with Crippen molar-refractivity contribution in [3.63, 3.8) is 0 Å². The van der Waals surface area contributed by atoms with Gasteiger partial charge in [-0.05, 0) is 42.7 Å². The predicted octanol–water partition coefficient (Wildman–Crippen LogP) is 2.64. The highest BCUT2D eigenvalue weighted by Crippen LogP contribution is 2.16. The first kappa shape index (κ1) is 14.2. The fraction of sp³-hybridized carbons (Fsp3) is 0.188. The topological polar surface area (TPSA) is 55.1 Å². The van der Waals surface area contributed by atoms with Crippen molar-refractivity contribution in [3.8, 4) is 0 Å². The molecule has 104 valence electrons. The standard InChI is InChI=1S/C16H17FN2O/c1-11-9-13(17)7-8-15(11)19-16(20)14(18)10-12-5-3-2-4-6-12/h2-9,14H,10,18H2,1H3,(H,19,20)/t14-/m1/s1. The van der Waals surface area contributed by atoms with Gasteiger partial charge in [-0.3, -0.25) is 4.79 Å². The van der Waals surface area contributed by atoms with Crippen molar-refractivity contribution in [3.05, 3.63) is 65.5 Å². The first-order chi connectivity index (χ1) is 9.56. The Kier molecular flexibility index (Phi) is 4.48. The molecule has 0 unspecified atom stereocenters. The summed E-state index contributed by atoms with van der Waals surface area (Å²) < 4.78 is 13.0. The predicted molar refractivity (Wildman–Crippen MR) is 77.9 cm³/mol. The Bertz CT molecular complexity index is 599. The zero-order valence-electron chi connectivity index (χ0n) is 11.3. The highest BCUT2D eigenvalue weighted by Gasteiger charge is 2.15. The van der Waals surface area contributed by atoms with Gasteiger partial charge in [-0.1, -0.05) is 30.3 Å². The van der Waals surface area contributed by atoms with Gasteiger partial charge in [0.05, 0.1) is 6.04 Å². The summed E-state index contributed by atoms with van der Waals surface area (Å²) in [6, 6.07) is 13.2. The average molecular weight is 272 g/mol. The Labute approximate surface area is 117 Å². The van der Waals surface area contributed by atoms with E-state index in [1.807, 2.05) is 30.3 Å². The van der Waals surface area contributed by atoms with Gasteiger partial charge in [-0.15, -0.1) is 0 Å². The Hall–Kier alpha value is -2.20. The van der Waals surface area contributed by atoms with Gasteiger partial charge in [0.2, 0.25) is 5.91 Å². The lowest BCUT2D eigenvalue weighted by molar-refractivity contribution is -0.117. The molecule has 0 aliphatic heterocycles. The number of carbonyl (C=O) groups is 1. The number of nitrogens with two attached hydrogens (primary N) is 1. The first-order valence-electron chi connectivity index (χ1n) is 6.43. The summed E-state index contributed by atoms with van der Waals surface area (Å²) in [6.07, 6.45) is 0.465. The third kappa shape index (κ3) is 3.65. The lowest BCUT2D eigenvalue weighted by atomic mass is 10.1. The Morgan fingerprint density at radius 1 is 1.25 bits per heavy atom. The quantitative estimate of drug-likeness (QED) is 0.899. The molecule has 0 saturated heterocycles. The molecule has 0 radical (unpaired) electrons. The largest absolute Gasteiger partial charge is 0.324 e. The van der Waals surface area contributed by atoms with Crippen LogP contribution in [0.2, 0.25) is 0 Å². The normalized spacial score (nSPS) is 11.9. The molecule has 2 aromatic rings. The molecule has 0 aromatic heterocycles. The van der Waals surface area contributed by atoms with Crippen molar-refractivity contribution in [1.82, 2.24) is 0 Å². The summed E-state index contributed by atoms with van der Waals surface area (Å²) >= 11 is 0. The van der Waals surface area contributed by atoms with Crippen molar-refractivity contribution in [2.45, 2.75) is 19.4 Å². The number of halogens is 1. The number of rotatable bonds is 4. The van der Waals surface area contributed by atoms with E-state index in [4.69, 9.17) is 5.73 Å². The van der Waals surface area contributed by atoms with Crippen LogP contribution in [-0.4, -0.2) is 11.9 Å². The average Bonchev–Trinajstić information content (AvgIpc) is 2.43. The molecule has 2 rings (SSSR count). The van der Waals surface area contributed by atoms with Crippen molar-refractivity contribution in [2.75, 3.05) is 5.32 Å². The number of nitrogens with one attached hydrogen (secondary N) is 1. The maximum atomic E-state index is 13.0. The molecule has 1 atom stereocenters. The van der Waals surface area contributed by atoms with Gasteiger partial charge in [0.25, 0.3) is 0 Å². The second kappa shape index (κ2) is 6.30. The second-order valence-corrected chi connectivity index (χ2v) is 4.74. The molecule has 0 aliphatic carbocycles. The minimum atomic E-state index is -0.637. The molecule has 4 heteroatoms. The summed E-state index contributed by atoms with van der Waals surface area (Å²) in [5.74, 6) is -0.599. The second-order valence-electron chi connectivity index (χ2n) is 4.74. The van der Waals surface area contributed by atoms with E-state index in [1.54, 1.807) is 6.92 Å². The summed E-state index contributed by atoms with van der Waals surface area (Å²) in [4.78, 5) is 12.0. The van der Waals surface area contributed by atoms with Crippen LogP contribution in [0, 0.1) is 12.7 Å². The molecular formula is C16H17FN2O. The molecule has 0 saturated carbocycles. The molecule has 3 N–H and O–H groups in total. The molecule has 3 nitrogen and oxygen atoms in total. The molecule has 0 bridgehead atoms. The smallest absolute Gasteiger partial charge is 0.241 e. The Balaban J connectivity index is 2.01. The van der Waals surface area contributed by atoms with E-state index < -0.39 is 6.04 Å². The van der Waals surface area contributed by atoms with Crippen LogP contribution < -0.4 is 11.1 Å². The summed E-state index contributed by atoms with van der Waals surface area (Å²) in [5.41, 5.74) is 8.15. The lowest BCUT2D eigenvalue weighted by Gasteiger charge is -2.14. The van der Waals surface area contributed by atoms with Gasteiger partial charge >= 0.3 is 0 Å². The number of aryl methyl sites for hydroxylation is 1. The lowest BCUT2D eigenvalue weighted by Crippen LogP contribution is -2.37. The minimum Gasteiger partial charge on any atom is -0.324 e. The third-order valence-corrected chi connectivity index (χ3v) is 3.08. The first-order valence-corrected chi connectivity index (χ1v) is 6.43. The van der Waals surface area contributed by atoms with Crippen molar-refractivity contribution < 1.29 is 9.18 Å². The summed E-state index contributed by atoms with van der Waals surface area (Å²) in [5, 5.41) is 2.73. The highest BCUT2D eigenvalue weighted by molar-refractivity contribution is 5.95. The van der Waals surface area contributed by atoms with Gasteiger partial charge < -0.3 is 11.1 Å². The number of hydrogen-bond acceptors (Lipinski definition) is 2. The monoisotopic (exact) mass is 272 g/mol. The number of benzene rings is 2. The van der Waals surface area contributed by atoms with Crippen LogP contribution in [0.15, 0.2) is 48.5 Å². The van der Waals surface area contributed by atoms with E-state index in [2.05, 4.69) is 5.32 Å². The van der Waals surface area contributed by atoms with Crippen LogP contribution in [0.1, 0.15) is 11.1 Å². The fourth-order valence-corrected chi connectivity index (χ4v) is 1.95. The van der Waals surface area contributed by atoms with Gasteiger partial charge in [-0.25, -0.2) is 4.39 Å². The van der Waals surface area contributed by atoms with Crippen molar-refractivity contribution in [1.29, 1.82) is 0 Å². The van der Waals surface area contributed by atoms with E-state index in [0.29, 0.717) is 17.7 Å². The number of anilines is 1. The Morgan fingerprint density at radius 3 is 2.60 bits per heavy atom. The third-order valence-electron chi connectivity index (χ3n) is 3.08. The van der Waals surface area contributed by atoms with Crippen LogP contribution in [-0.2, 0) is 11.2 Å². The van der Waals surface area contributed by atoms with E-state index in [1.165, 1.54) is 18.2 Å². The maximum Gasteiger partial charge on any atom is 0.241 e. The fourth-order valence-electron chi connectivity index (χ4n) is 1.95. The van der Waals surface area contributed by atoms with Gasteiger partial charge in [-0.2, -0.15) is 0 Å². The Morgan fingerprint density at radius 2 is 1.95 bits per heavy atom. The van der Waals surface area contributed by atoms with Crippen LogP contribution in [0.4, 0.5) is 10.1 Å². The van der Waals surface area contributed by atoms with E-state index in [0.717, 1.165) is 5.56 Å². The van der Waals surface area contributed by atoms with Crippen LogP contribution in [0.3, 0.4) is 0 Å². The molecule has 0 spiro atoms. The number of carbonyl (C=O) groups excluding carboxylic acids is 1. The van der Waals surface area contributed by atoms with Crippen molar-refractivity contribution in [2.24, 2.45) is 5.73 Å². The highest BCUT2D eigenvalue weighted by atomic mass is 19.1. The molecule has 0 fully saturated rings. The van der Waals surface area contributed by atoms with E-state index in [-0.39, 0.29) is 11.7 Å². The van der Waals surface area contributed by atoms with Crippen molar-refractivity contribution >= 4 is 11.6 Å². The SMILES string of the molecule is Cc1cc(F)ccc1NC(=O)[C@H](N)Cc1ccccc1. The minimum absolute atomic E-state index is 0.274. The molecular weight excluding hydrogens is 255 g/mol. The van der Waals surface area contributed by atoms with Crippen LogP contribution >= 0.6 is 0 Å².